The number of aliphatic carboxylic acids is 1. The van der Waals surface area contributed by atoms with Crippen molar-refractivity contribution in [1.29, 1.82) is 0 Å². The summed E-state index contributed by atoms with van der Waals surface area (Å²) in [5, 5.41) is 11.2. The predicted octanol–water partition coefficient (Wildman–Crippen LogP) is 2.63. The van der Waals surface area contributed by atoms with Crippen LogP contribution in [0.5, 0.6) is 0 Å². The normalized spacial score (nSPS) is 18.0. The lowest BCUT2D eigenvalue weighted by Gasteiger charge is -2.37. The van der Waals surface area contributed by atoms with E-state index in [1.165, 1.54) is 10.4 Å². The topological polar surface area (TPSA) is 60.9 Å². The van der Waals surface area contributed by atoms with E-state index in [9.17, 15) is 9.59 Å². The molecule has 0 aliphatic carbocycles. The van der Waals surface area contributed by atoms with Crippen molar-refractivity contribution in [1.82, 2.24) is 9.80 Å². The summed E-state index contributed by atoms with van der Waals surface area (Å²) in [6.45, 7) is 2.34. The number of fused-ring (bicyclic) bond motifs is 1. The largest absolute Gasteiger partial charge is 0.480 e. The van der Waals surface area contributed by atoms with Gasteiger partial charge in [0.2, 0.25) is 5.91 Å². The lowest BCUT2D eigenvalue weighted by atomic mass is 9.93. The van der Waals surface area contributed by atoms with Crippen LogP contribution in [0.3, 0.4) is 0 Å². The second kappa shape index (κ2) is 7.37. The molecule has 25 heavy (non-hydrogen) atoms. The first-order valence-electron chi connectivity index (χ1n) is 8.32. The number of likely N-dealkylation sites (N-methyl/N-ethyl adjacent to an activating group) is 1. The van der Waals surface area contributed by atoms with Crippen molar-refractivity contribution in [2.24, 2.45) is 0 Å². The Hall–Kier alpha value is -2.18. The quantitative estimate of drug-likeness (QED) is 0.893. The number of benzene rings is 1. The Labute approximate surface area is 151 Å². The summed E-state index contributed by atoms with van der Waals surface area (Å²) in [4.78, 5) is 28.9. The highest BCUT2D eigenvalue weighted by atomic mass is 32.1. The number of carbonyl (C=O) groups excluding carboxylic acids is 1. The number of hydrogen-bond acceptors (Lipinski definition) is 4. The molecule has 6 heteroatoms. The average Bonchev–Trinajstić information content (AvgIpc) is 3.09. The highest BCUT2D eigenvalue weighted by molar-refractivity contribution is 7.10. The van der Waals surface area contributed by atoms with Crippen molar-refractivity contribution < 1.29 is 14.7 Å². The van der Waals surface area contributed by atoms with E-state index in [-0.39, 0.29) is 18.5 Å². The molecule has 1 aliphatic heterocycles. The summed E-state index contributed by atoms with van der Waals surface area (Å²) in [5.41, 5.74) is 2.27. The number of nitrogens with zero attached hydrogens (tertiary/aromatic N) is 2. The molecule has 1 amide bonds. The van der Waals surface area contributed by atoms with Crippen molar-refractivity contribution >= 4 is 23.2 Å². The van der Waals surface area contributed by atoms with Crippen LogP contribution >= 0.6 is 11.3 Å². The molecule has 2 heterocycles. The smallest absolute Gasteiger partial charge is 0.320 e. The zero-order valence-electron chi connectivity index (χ0n) is 14.4. The van der Waals surface area contributed by atoms with Crippen LogP contribution in [0.2, 0.25) is 0 Å². The molecule has 0 fully saturated rings. The van der Waals surface area contributed by atoms with E-state index in [4.69, 9.17) is 5.11 Å². The molecule has 2 unspecified atom stereocenters. The molecule has 2 atom stereocenters. The van der Waals surface area contributed by atoms with Crippen molar-refractivity contribution in [3.63, 3.8) is 0 Å². The first-order chi connectivity index (χ1) is 12.0. The minimum atomic E-state index is -0.923. The van der Waals surface area contributed by atoms with Gasteiger partial charge in [0.1, 0.15) is 6.04 Å². The molecule has 0 saturated heterocycles. The molecular formula is C19H22N2O3S. The van der Waals surface area contributed by atoms with E-state index in [0.29, 0.717) is 6.54 Å². The standard InChI is InChI=1S/C19H22N2O3S/c1-13(19(23)24)20(2)12-17(22)21-10-8-16-15(9-11-25-16)18(21)14-6-4-3-5-7-14/h3-7,9,11,13,18H,8,10,12H2,1-2H3,(H,23,24). The second-order valence-corrected chi connectivity index (χ2v) is 7.38. The number of carboxylic acid groups (broad SMARTS) is 1. The predicted molar refractivity (Wildman–Crippen MR) is 97.7 cm³/mol. The second-order valence-electron chi connectivity index (χ2n) is 6.38. The Morgan fingerprint density at radius 2 is 2.04 bits per heavy atom. The summed E-state index contributed by atoms with van der Waals surface area (Å²) in [5.74, 6) is -0.963. The highest BCUT2D eigenvalue weighted by Crippen LogP contribution is 2.37. The maximum Gasteiger partial charge on any atom is 0.320 e. The molecule has 1 aliphatic rings. The fraction of sp³-hybridized carbons (Fsp3) is 0.368. The van der Waals surface area contributed by atoms with Gasteiger partial charge < -0.3 is 10.0 Å². The van der Waals surface area contributed by atoms with Crippen molar-refractivity contribution in [3.8, 4) is 0 Å². The van der Waals surface area contributed by atoms with Crippen LogP contribution in [0.1, 0.15) is 29.0 Å². The summed E-state index contributed by atoms with van der Waals surface area (Å²) in [6.07, 6.45) is 0.847. The fourth-order valence-electron chi connectivity index (χ4n) is 3.21. The Balaban J connectivity index is 1.87. The number of hydrogen-bond donors (Lipinski definition) is 1. The van der Waals surface area contributed by atoms with E-state index in [1.54, 1.807) is 30.2 Å². The Morgan fingerprint density at radius 3 is 2.72 bits per heavy atom. The van der Waals surface area contributed by atoms with E-state index >= 15 is 0 Å². The minimum absolute atomic E-state index is 0.0405. The number of carbonyl (C=O) groups is 2. The highest BCUT2D eigenvalue weighted by Gasteiger charge is 2.33. The van der Waals surface area contributed by atoms with Gasteiger partial charge in [-0.05, 0) is 43.0 Å². The van der Waals surface area contributed by atoms with E-state index in [0.717, 1.165) is 12.0 Å². The van der Waals surface area contributed by atoms with Gasteiger partial charge in [-0.3, -0.25) is 14.5 Å². The Bertz CT molecular complexity index is 759. The molecule has 0 bridgehead atoms. The van der Waals surface area contributed by atoms with Gasteiger partial charge in [0.15, 0.2) is 0 Å². The van der Waals surface area contributed by atoms with Crippen LogP contribution < -0.4 is 0 Å². The number of rotatable bonds is 5. The number of thiophene rings is 1. The molecule has 1 N–H and O–H groups in total. The summed E-state index contributed by atoms with van der Waals surface area (Å²) in [7, 11) is 1.67. The molecule has 1 aromatic carbocycles. The SMILES string of the molecule is CC(C(=O)O)N(C)CC(=O)N1CCc2sccc2C1c1ccccc1. The van der Waals surface area contributed by atoms with Crippen LogP contribution in [0.4, 0.5) is 0 Å². The van der Waals surface area contributed by atoms with Gasteiger partial charge in [0, 0.05) is 11.4 Å². The third-order valence-corrected chi connectivity index (χ3v) is 5.80. The maximum atomic E-state index is 12.9. The lowest BCUT2D eigenvalue weighted by Crippen LogP contribution is -2.47. The summed E-state index contributed by atoms with van der Waals surface area (Å²) in [6, 6.07) is 11.3. The average molecular weight is 358 g/mol. The van der Waals surface area contributed by atoms with Gasteiger partial charge in [-0.1, -0.05) is 30.3 Å². The van der Waals surface area contributed by atoms with Crippen LogP contribution in [0, 0.1) is 0 Å². The molecule has 0 saturated carbocycles. The van der Waals surface area contributed by atoms with Crippen LogP contribution in [0.15, 0.2) is 41.8 Å². The van der Waals surface area contributed by atoms with Gasteiger partial charge in [0.05, 0.1) is 12.6 Å². The first kappa shape index (κ1) is 17.6. The van der Waals surface area contributed by atoms with Gasteiger partial charge in [-0.2, -0.15) is 0 Å². The molecular weight excluding hydrogens is 336 g/mol. The third-order valence-electron chi connectivity index (χ3n) is 4.80. The van der Waals surface area contributed by atoms with Crippen LogP contribution in [-0.2, 0) is 16.0 Å². The van der Waals surface area contributed by atoms with E-state index in [1.807, 2.05) is 35.2 Å². The number of carboxylic acids is 1. The fourth-order valence-corrected chi connectivity index (χ4v) is 4.11. The molecule has 5 nitrogen and oxygen atoms in total. The molecule has 1 aromatic heterocycles. The van der Waals surface area contributed by atoms with Crippen molar-refractivity contribution in [2.45, 2.75) is 25.4 Å². The lowest BCUT2D eigenvalue weighted by molar-refractivity contribution is -0.143. The van der Waals surface area contributed by atoms with Gasteiger partial charge in [-0.25, -0.2) is 0 Å². The maximum absolute atomic E-state index is 12.9. The van der Waals surface area contributed by atoms with E-state index < -0.39 is 12.0 Å². The first-order valence-corrected chi connectivity index (χ1v) is 9.20. The molecule has 2 aromatic rings. The Kier molecular flexibility index (Phi) is 5.20. The Morgan fingerprint density at radius 1 is 1.32 bits per heavy atom. The minimum Gasteiger partial charge on any atom is -0.480 e. The molecule has 132 valence electrons. The van der Waals surface area contributed by atoms with Gasteiger partial charge in [0.25, 0.3) is 0 Å². The van der Waals surface area contributed by atoms with Crippen LogP contribution in [-0.4, -0.2) is 53.0 Å². The zero-order valence-corrected chi connectivity index (χ0v) is 15.2. The molecule has 3 rings (SSSR count). The van der Waals surface area contributed by atoms with Gasteiger partial charge >= 0.3 is 5.97 Å². The summed E-state index contributed by atoms with van der Waals surface area (Å²) >= 11 is 1.73. The van der Waals surface area contributed by atoms with Crippen LogP contribution in [0.25, 0.3) is 0 Å². The molecule has 0 spiro atoms. The third kappa shape index (κ3) is 3.60. The van der Waals surface area contributed by atoms with Gasteiger partial charge in [-0.15, -0.1) is 11.3 Å². The van der Waals surface area contributed by atoms with Crippen molar-refractivity contribution in [2.75, 3.05) is 20.1 Å². The molecule has 0 radical (unpaired) electrons. The monoisotopic (exact) mass is 358 g/mol. The van der Waals surface area contributed by atoms with E-state index in [2.05, 4.69) is 11.4 Å². The zero-order chi connectivity index (χ0) is 18.0. The van der Waals surface area contributed by atoms with Crippen molar-refractivity contribution in [3.05, 3.63) is 57.8 Å². The number of amides is 1. The summed E-state index contributed by atoms with van der Waals surface area (Å²) < 4.78 is 0.